The van der Waals surface area contributed by atoms with E-state index in [1.807, 2.05) is 6.07 Å². The molecule has 1 aromatic carbocycles. The van der Waals surface area contributed by atoms with E-state index >= 15 is 0 Å². The summed E-state index contributed by atoms with van der Waals surface area (Å²) in [6, 6.07) is 10.5. The molecule has 0 unspecified atom stereocenters. The number of hydrogen-bond donors (Lipinski definition) is 0. The molecule has 0 spiro atoms. The summed E-state index contributed by atoms with van der Waals surface area (Å²) < 4.78 is 0. The van der Waals surface area contributed by atoms with Gasteiger partial charge in [0, 0.05) is 5.29 Å². The summed E-state index contributed by atoms with van der Waals surface area (Å²) in [6.45, 7) is 0. The second kappa shape index (κ2) is 2.40. The maximum atomic E-state index is 2.16. The Bertz CT molecular complexity index is 283. The summed E-state index contributed by atoms with van der Waals surface area (Å²) >= 11 is 0. The van der Waals surface area contributed by atoms with E-state index in [1.165, 1.54) is 19.1 Å². The molecule has 48 valence electrons. The highest BCUT2D eigenvalue weighted by Crippen LogP contribution is 2.19. The molecule has 0 saturated carbocycles. The Hall–Kier alpha value is -0.870. The first-order valence-corrected chi connectivity index (χ1v) is 4.23. The van der Waals surface area contributed by atoms with Crippen molar-refractivity contribution in [1.29, 1.82) is 0 Å². The van der Waals surface area contributed by atoms with Gasteiger partial charge in [-0.15, -0.1) is 0 Å². The number of hydrogen-bond acceptors (Lipinski definition) is 0. The quantitative estimate of drug-likeness (QED) is 0.534. The van der Waals surface area contributed by atoms with Crippen LogP contribution in [0.5, 0.6) is 0 Å². The first kappa shape index (κ1) is 5.88. The van der Waals surface area contributed by atoms with Gasteiger partial charge in [-0.1, -0.05) is 38.5 Å². The van der Waals surface area contributed by atoms with Gasteiger partial charge in [-0.3, -0.25) is 0 Å². The molecule has 1 aromatic rings. The second-order valence-electron chi connectivity index (χ2n) is 2.20. The van der Waals surface area contributed by atoms with Crippen molar-refractivity contribution in [3.8, 4) is 0 Å². The summed E-state index contributed by atoms with van der Waals surface area (Å²) in [7, 11) is 1.36. The van der Waals surface area contributed by atoms with Gasteiger partial charge in [-0.2, -0.15) is 0 Å². The van der Waals surface area contributed by atoms with E-state index in [2.05, 4.69) is 36.2 Å². The van der Waals surface area contributed by atoms with Gasteiger partial charge < -0.3 is 0 Å². The summed E-state index contributed by atoms with van der Waals surface area (Å²) in [5.74, 6) is 2.16. The topological polar surface area (TPSA) is 0 Å². The lowest BCUT2D eigenvalue weighted by molar-refractivity contribution is 1.67. The van der Waals surface area contributed by atoms with Crippen LogP contribution in [0.3, 0.4) is 0 Å². The number of allylic oxidation sites excluding steroid dienone is 1. The highest BCUT2D eigenvalue weighted by Gasteiger charge is 1.99. The average molecular weight is 146 g/mol. The van der Waals surface area contributed by atoms with Crippen LogP contribution >= 0.6 is 8.20 Å². The molecule has 0 N–H and O–H groups in total. The Morgan fingerprint density at radius 2 is 1.70 bits per heavy atom. The predicted molar refractivity (Wildman–Crippen MR) is 46.6 cm³/mol. The molecule has 0 fully saturated rings. The maximum absolute atomic E-state index is 2.16. The van der Waals surface area contributed by atoms with E-state index in [0.717, 1.165) is 0 Å². The fraction of sp³-hybridized carbons (Fsp3) is 0. The zero-order chi connectivity index (χ0) is 6.81. The Morgan fingerprint density at radius 3 is 2.20 bits per heavy atom. The van der Waals surface area contributed by atoms with Crippen LogP contribution < -0.4 is 0 Å². The van der Waals surface area contributed by atoms with Gasteiger partial charge in [-0.05, 0) is 17.5 Å². The van der Waals surface area contributed by atoms with Gasteiger partial charge in [-0.25, -0.2) is 0 Å². The van der Waals surface area contributed by atoms with E-state index < -0.39 is 0 Å². The zero-order valence-corrected chi connectivity index (χ0v) is 6.38. The molecular formula is C9H7P. The van der Waals surface area contributed by atoms with E-state index in [4.69, 9.17) is 0 Å². The minimum absolute atomic E-state index is 1.35. The summed E-state index contributed by atoms with van der Waals surface area (Å²) in [4.78, 5) is 0. The van der Waals surface area contributed by atoms with E-state index in [0.29, 0.717) is 0 Å². The Labute approximate surface area is 62.0 Å². The molecule has 0 radical (unpaired) electrons. The molecule has 0 atom stereocenters. The minimum atomic E-state index is 1.35. The summed E-state index contributed by atoms with van der Waals surface area (Å²) in [5, 5.41) is 1.43. The van der Waals surface area contributed by atoms with Crippen molar-refractivity contribution < 1.29 is 0 Å². The fourth-order valence-corrected chi connectivity index (χ4v) is 1.53. The highest BCUT2D eigenvalue weighted by atomic mass is 31.1. The van der Waals surface area contributed by atoms with Crippen molar-refractivity contribution in [2.24, 2.45) is 0 Å². The van der Waals surface area contributed by atoms with E-state index in [1.54, 1.807) is 0 Å². The molecule has 0 nitrogen and oxygen atoms in total. The first-order chi connectivity index (χ1) is 4.97. The van der Waals surface area contributed by atoms with Crippen LogP contribution in [0.25, 0.3) is 0 Å². The standard InChI is InChI=1S/C9H7P/c1-2-4-8(5-3-1)9-6-7-10-9/h1-7H. The molecule has 0 amide bonds. The fourth-order valence-electron chi connectivity index (χ4n) is 0.929. The molecule has 1 heteroatoms. The lowest BCUT2D eigenvalue weighted by Gasteiger charge is -2.04. The summed E-state index contributed by atoms with van der Waals surface area (Å²) in [6.07, 6.45) is 2.16. The molecular weight excluding hydrogens is 139 g/mol. The van der Waals surface area contributed by atoms with Gasteiger partial charge in [0.1, 0.15) is 0 Å². The Balaban J connectivity index is 2.35. The monoisotopic (exact) mass is 146 g/mol. The first-order valence-electron chi connectivity index (χ1n) is 3.26. The third kappa shape index (κ3) is 0.913. The predicted octanol–water partition coefficient (Wildman–Crippen LogP) is 2.68. The second-order valence-corrected chi connectivity index (χ2v) is 3.23. The third-order valence-corrected chi connectivity index (χ3v) is 2.50. The van der Waals surface area contributed by atoms with Gasteiger partial charge in [0.2, 0.25) is 0 Å². The molecule has 0 saturated heterocycles. The van der Waals surface area contributed by atoms with Crippen LogP contribution in [0.1, 0.15) is 5.56 Å². The normalized spacial score (nSPS) is 15.8. The molecule has 1 heterocycles. The van der Waals surface area contributed by atoms with E-state index in [-0.39, 0.29) is 0 Å². The lowest BCUT2D eigenvalue weighted by Crippen LogP contribution is -1.95. The lowest BCUT2D eigenvalue weighted by atomic mass is 10.1. The van der Waals surface area contributed by atoms with Crippen LogP contribution in [0.2, 0.25) is 0 Å². The largest absolute Gasteiger partial charge is 0.0678 e. The summed E-state index contributed by atoms with van der Waals surface area (Å²) in [5.41, 5.74) is 1.35. The molecule has 0 bridgehead atoms. The molecule has 1 aliphatic rings. The number of rotatable bonds is 1. The van der Waals surface area contributed by atoms with Gasteiger partial charge in [0.15, 0.2) is 0 Å². The molecule has 10 heavy (non-hydrogen) atoms. The third-order valence-electron chi connectivity index (χ3n) is 1.52. The van der Waals surface area contributed by atoms with Crippen LogP contribution in [0.4, 0.5) is 0 Å². The van der Waals surface area contributed by atoms with Crippen LogP contribution in [-0.2, 0) is 0 Å². The van der Waals surface area contributed by atoms with Crippen LogP contribution in [0, 0.1) is 0 Å². The van der Waals surface area contributed by atoms with Crippen molar-refractivity contribution in [3.63, 3.8) is 0 Å². The highest BCUT2D eigenvalue weighted by molar-refractivity contribution is 7.48. The molecule has 0 aliphatic carbocycles. The van der Waals surface area contributed by atoms with Gasteiger partial charge >= 0.3 is 0 Å². The van der Waals surface area contributed by atoms with Crippen LogP contribution in [0.15, 0.2) is 42.2 Å². The van der Waals surface area contributed by atoms with Crippen molar-refractivity contribution in [1.82, 2.24) is 0 Å². The van der Waals surface area contributed by atoms with Crippen LogP contribution in [-0.4, -0.2) is 5.29 Å². The SMILES string of the molecule is C1=CC(c2ccccc2)=P1. The molecule has 1 aliphatic heterocycles. The maximum Gasteiger partial charge on any atom is 0.00936 e. The van der Waals surface area contributed by atoms with Crippen molar-refractivity contribution in [2.75, 3.05) is 0 Å². The zero-order valence-electron chi connectivity index (χ0n) is 5.49. The minimum Gasteiger partial charge on any atom is -0.0678 e. The Morgan fingerprint density at radius 1 is 1.00 bits per heavy atom. The molecule has 0 aromatic heterocycles. The average Bonchev–Trinajstić information content (AvgIpc) is 1.86. The van der Waals surface area contributed by atoms with Gasteiger partial charge in [0.25, 0.3) is 0 Å². The van der Waals surface area contributed by atoms with Crippen molar-refractivity contribution >= 4 is 13.5 Å². The van der Waals surface area contributed by atoms with Crippen molar-refractivity contribution in [2.45, 2.75) is 0 Å². The smallest absolute Gasteiger partial charge is 0.00936 e. The molecule has 2 rings (SSSR count). The Kier molecular flexibility index (Phi) is 1.41. The van der Waals surface area contributed by atoms with E-state index in [9.17, 15) is 0 Å². The van der Waals surface area contributed by atoms with Crippen molar-refractivity contribution in [3.05, 3.63) is 47.8 Å². The van der Waals surface area contributed by atoms with Gasteiger partial charge in [0.05, 0.1) is 0 Å². The number of benzene rings is 1.